The number of fused-ring (bicyclic) bond motifs is 1. The van der Waals surface area contributed by atoms with Crippen LogP contribution in [0.15, 0.2) is 42.5 Å². The number of aromatic nitrogens is 1. The maximum absolute atomic E-state index is 12.7. The number of esters is 2. The average molecular weight is 411 g/mol. The summed E-state index contributed by atoms with van der Waals surface area (Å²) in [6.07, 6.45) is 0. The van der Waals surface area contributed by atoms with E-state index in [2.05, 4.69) is 0 Å². The van der Waals surface area contributed by atoms with Crippen LogP contribution in [0.4, 0.5) is 0 Å². The summed E-state index contributed by atoms with van der Waals surface area (Å²) in [5.41, 5.74) is 2.92. The third-order valence-corrected chi connectivity index (χ3v) is 4.65. The van der Waals surface area contributed by atoms with Crippen molar-refractivity contribution in [2.75, 3.05) is 26.9 Å². The molecule has 158 valence electrons. The van der Waals surface area contributed by atoms with Gasteiger partial charge in [0.25, 0.3) is 0 Å². The van der Waals surface area contributed by atoms with Crippen molar-refractivity contribution < 1.29 is 28.5 Å². The van der Waals surface area contributed by atoms with E-state index in [-0.39, 0.29) is 19.8 Å². The molecular formula is C23H25NO6. The predicted octanol–water partition coefficient (Wildman–Crippen LogP) is 4.07. The van der Waals surface area contributed by atoms with Crippen molar-refractivity contribution in [2.45, 2.75) is 20.8 Å². The molecule has 7 nitrogen and oxygen atoms in total. The van der Waals surface area contributed by atoms with E-state index < -0.39 is 11.9 Å². The summed E-state index contributed by atoms with van der Waals surface area (Å²) in [6.45, 7) is 5.73. The molecule has 0 unspecified atom stereocenters. The zero-order valence-electron chi connectivity index (χ0n) is 17.6. The number of ether oxygens (including phenoxy) is 4. The predicted molar refractivity (Wildman–Crippen MR) is 113 cm³/mol. The maximum atomic E-state index is 12.7. The molecular weight excluding hydrogens is 386 g/mol. The monoisotopic (exact) mass is 411 g/mol. The summed E-state index contributed by atoms with van der Waals surface area (Å²) in [7, 11) is 1.61. The Labute approximate surface area is 175 Å². The van der Waals surface area contributed by atoms with Gasteiger partial charge >= 0.3 is 11.9 Å². The van der Waals surface area contributed by atoms with E-state index >= 15 is 0 Å². The first-order valence-corrected chi connectivity index (χ1v) is 9.75. The second kappa shape index (κ2) is 9.35. The van der Waals surface area contributed by atoms with E-state index in [1.54, 1.807) is 33.1 Å². The first-order chi connectivity index (χ1) is 14.5. The molecule has 30 heavy (non-hydrogen) atoms. The fourth-order valence-electron chi connectivity index (χ4n) is 3.36. The molecule has 7 heteroatoms. The van der Waals surface area contributed by atoms with Crippen molar-refractivity contribution in [3.8, 4) is 17.2 Å². The van der Waals surface area contributed by atoms with E-state index in [0.29, 0.717) is 16.7 Å². The van der Waals surface area contributed by atoms with Crippen LogP contribution in [0, 0.1) is 6.92 Å². The molecule has 0 aliphatic carbocycles. The Hall–Kier alpha value is -3.48. The van der Waals surface area contributed by atoms with Crippen LogP contribution >= 0.6 is 0 Å². The van der Waals surface area contributed by atoms with Crippen LogP contribution in [0.5, 0.6) is 11.5 Å². The molecule has 0 fully saturated rings. The Morgan fingerprint density at radius 2 is 1.60 bits per heavy atom. The van der Waals surface area contributed by atoms with Gasteiger partial charge in [-0.2, -0.15) is 0 Å². The van der Waals surface area contributed by atoms with Gasteiger partial charge in [-0.25, -0.2) is 9.59 Å². The highest BCUT2D eigenvalue weighted by atomic mass is 16.6. The summed E-state index contributed by atoms with van der Waals surface area (Å²) in [5, 5.41) is 0.683. The molecule has 0 atom stereocenters. The number of hydrogen-bond donors (Lipinski definition) is 0. The number of nitrogens with zero attached hydrogens (tertiary/aromatic N) is 1. The van der Waals surface area contributed by atoms with Gasteiger partial charge in [0.2, 0.25) is 0 Å². The lowest BCUT2D eigenvalue weighted by molar-refractivity contribution is -0.145. The highest BCUT2D eigenvalue weighted by molar-refractivity contribution is 6.07. The Kier molecular flexibility index (Phi) is 6.61. The summed E-state index contributed by atoms with van der Waals surface area (Å²) in [4.78, 5) is 24.3. The van der Waals surface area contributed by atoms with Gasteiger partial charge < -0.3 is 23.5 Å². The molecule has 0 saturated heterocycles. The third kappa shape index (κ3) is 4.25. The number of benzene rings is 2. The van der Waals surface area contributed by atoms with Crippen LogP contribution in [0.2, 0.25) is 0 Å². The Morgan fingerprint density at radius 3 is 2.23 bits per heavy atom. The van der Waals surface area contributed by atoms with Crippen molar-refractivity contribution >= 4 is 22.8 Å². The maximum Gasteiger partial charge on any atom is 0.344 e. The lowest BCUT2D eigenvalue weighted by atomic mass is 10.1. The first kappa shape index (κ1) is 21.2. The summed E-state index contributed by atoms with van der Waals surface area (Å²) in [6, 6.07) is 12.9. The standard InChI is InChI=1S/C23H25NO6/c1-5-28-21(25)14-30-18-11-12-20-19(13-18)22(23(26)29-6-2)15(3)24(20)16-7-9-17(27-4)10-8-16/h7-13H,5-6,14H2,1-4H3. The van der Waals surface area contributed by atoms with Gasteiger partial charge in [-0.05, 0) is 63.2 Å². The van der Waals surface area contributed by atoms with Crippen LogP contribution in [-0.4, -0.2) is 43.4 Å². The van der Waals surface area contributed by atoms with Gasteiger partial charge in [-0.3, -0.25) is 0 Å². The van der Waals surface area contributed by atoms with Gasteiger partial charge in [-0.1, -0.05) is 0 Å². The van der Waals surface area contributed by atoms with Crippen molar-refractivity contribution in [3.63, 3.8) is 0 Å². The Bertz CT molecular complexity index is 1050. The first-order valence-electron chi connectivity index (χ1n) is 9.75. The van der Waals surface area contributed by atoms with Crippen molar-refractivity contribution in [2.24, 2.45) is 0 Å². The molecule has 0 spiro atoms. The smallest absolute Gasteiger partial charge is 0.344 e. The van der Waals surface area contributed by atoms with E-state index in [4.69, 9.17) is 18.9 Å². The van der Waals surface area contributed by atoms with Crippen LogP contribution in [-0.2, 0) is 14.3 Å². The summed E-state index contributed by atoms with van der Waals surface area (Å²) < 4.78 is 23.0. The largest absolute Gasteiger partial charge is 0.497 e. The second-order valence-corrected chi connectivity index (χ2v) is 6.49. The average Bonchev–Trinajstić information content (AvgIpc) is 3.03. The van der Waals surface area contributed by atoms with Gasteiger partial charge in [0.05, 0.1) is 31.4 Å². The molecule has 0 aliphatic heterocycles. The van der Waals surface area contributed by atoms with Gasteiger partial charge in [0, 0.05) is 16.8 Å². The normalized spacial score (nSPS) is 10.7. The quantitative estimate of drug-likeness (QED) is 0.520. The minimum atomic E-state index is -0.449. The molecule has 0 aliphatic rings. The third-order valence-electron chi connectivity index (χ3n) is 4.65. The fourth-order valence-corrected chi connectivity index (χ4v) is 3.36. The molecule has 0 bridgehead atoms. The van der Waals surface area contributed by atoms with Crippen LogP contribution in [0.1, 0.15) is 29.9 Å². The summed E-state index contributed by atoms with van der Waals surface area (Å²) in [5.74, 6) is 0.353. The Balaban J connectivity index is 2.09. The number of methoxy groups -OCH3 is 1. The lowest BCUT2D eigenvalue weighted by Crippen LogP contribution is -2.14. The lowest BCUT2D eigenvalue weighted by Gasteiger charge is -2.10. The van der Waals surface area contributed by atoms with E-state index in [0.717, 1.165) is 22.6 Å². The van der Waals surface area contributed by atoms with Gasteiger partial charge in [0.15, 0.2) is 6.61 Å². The van der Waals surface area contributed by atoms with Gasteiger partial charge in [-0.15, -0.1) is 0 Å². The zero-order valence-corrected chi connectivity index (χ0v) is 17.6. The molecule has 1 aromatic heterocycles. The van der Waals surface area contributed by atoms with E-state index in [1.165, 1.54) is 0 Å². The minimum absolute atomic E-state index is 0.202. The minimum Gasteiger partial charge on any atom is -0.497 e. The second-order valence-electron chi connectivity index (χ2n) is 6.49. The molecule has 0 N–H and O–H groups in total. The number of carbonyl (C=O) groups is 2. The zero-order chi connectivity index (χ0) is 21.7. The summed E-state index contributed by atoms with van der Waals surface area (Å²) >= 11 is 0. The number of hydrogen-bond acceptors (Lipinski definition) is 6. The highest BCUT2D eigenvalue weighted by Gasteiger charge is 2.22. The van der Waals surface area contributed by atoms with Crippen LogP contribution in [0.3, 0.4) is 0 Å². The molecule has 0 amide bonds. The van der Waals surface area contributed by atoms with Crippen molar-refractivity contribution in [1.29, 1.82) is 0 Å². The van der Waals surface area contributed by atoms with Crippen molar-refractivity contribution in [3.05, 3.63) is 53.7 Å². The molecule has 2 aromatic carbocycles. The molecule has 0 radical (unpaired) electrons. The molecule has 3 rings (SSSR count). The van der Waals surface area contributed by atoms with Crippen molar-refractivity contribution in [1.82, 2.24) is 4.57 Å². The number of rotatable bonds is 8. The van der Waals surface area contributed by atoms with Crippen LogP contribution in [0.25, 0.3) is 16.6 Å². The Morgan fingerprint density at radius 1 is 0.933 bits per heavy atom. The molecule has 1 heterocycles. The fraction of sp³-hybridized carbons (Fsp3) is 0.304. The van der Waals surface area contributed by atoms with E-state index in [1.807, 2.05) is 41.8 Å². The van der Waals surface area contributed by atoms with Gasteiger partial charge in [0.1, 0.15) is 11.5 Å². The molecule has 3 aromatic rings. The van der Waals surface area contributed by atoms with Crippen LogP contribution < -0.4 is 9.47 Å². The van der Waals surface area contributed by atoms with E-state index in [9.17, 15) is 9.59 Å². The SMILES string of the molecule is CCOC(=O)COc1ccc2c(c1)c(C(=O)OCC)c(C)n2-c1ccc(OC)cc1. The topological polar surface area (TPSA) is 76.0 Å². The highest BCUT2D eigenvalue weighted by Crippen LogP contribution is 2.33. The molecule has 0 saturated carbocycles. The number of carbonyl (C=O) groups excluding carboxylic acids is 2.